The van der Waals surface area contributed by atoms with E-state index in [2.05, 4.69) is 10.2 Å². The number of aryl methyl sites for hydroxylation is 2. The van der Waals surface area contributed by atoms with Crippen molar-refractivity contribution in [3.63, 3.8) is 0 Å². The van der Waals surface area contributed by atoms with Crippen LogP contribution in [0.5, 0.6) is 0 Å². The molecule has 0 radical (unpaired) electrons. The molecule has 6 heteroatoms. The molecule has 106 valence electrons. The summed E-state index contributed by atoms with van der Waals surface area (Å²) in [7, 11) is 0. The maximum atomic E-state index is 12.3. The zero-order valence-electron chi connectivity index (χ0n) is 11.6. The van der Waals surface area contributed by atoms with Gasteiger partial charge in [-0.05, 0) is 20.8 Å². The van der Waals surface area contributed by atoms with E-state index in [4.69, 9.17) is 4.74 Å². The van der Waals surface area contributed by atoms with Crippen LogP contribution in [0, 0.1) is 13.8 Å². The molecule has 0 saturated carbocycles. The molecule has 1 fully saturated rings. The quantitative estimate of drug-likeness (QED) is 0.818. The first-order valence-electron chi connectivity index (χ1n) is 6.55. The lowest BCUT2D eigenvalue weighted by atomic mass is 10.1. The van der Waals surface area contributed by atoms with E-state index in [1.54, 1.807) is 4.90 Å². The topological polar surface area (TPSA) is 78.5 Å². The van der Waals surface area contributed by atoms with Crippen molar-refractivity contribution < 1.29 is 14.6 Å². The third-order valence-corrected chi connectivity index (χ3v) is 3.49. The predicted octanol–water partition coefficient (Wildman–Crippen LogP) is 0.177. The molecule has 1 aromatic rings. The Hall–Kier alpha value is -1.40. The molecular formula is C13H21N3O3. The van der Waals surface area contributed by atoms with Gasteiger partial charge in [0.25, 0.3) is 0 Å². The minimum absolute atomic E-state index is 0.0404. The Labute approximate surface area is 112 Å². The van der Waals surface area contributed by atoms with Gasteiger partial charge in [0.2, 0.25) is 5.91 Å². The molecule has 19 heavy (non-hydrogen) atoms. The van der Waals surface area contributed by atoms with Gasteiger partial charge >= 0.3 is 0 Å². The SMILES string of the molecule is Cc1n[nH]c(C)c1CC(=O)N1CC(C)OC(CO)C1. The molecule has 1 amide bonds. The van der Waals surface area contributed by atoms with Crippen LogP contribution in [-0.2, 0) is 16.0 Å². The second-order valence-electron chi connectivity index (χ2n) is 5.14. The normalized spacial score (nSPS) is 23.7. The highest BCUT2D eigenvalue weighted by Gasteiger charge is 2.28. The summed E-state index contributed by atoms with van der Waals surface area (Å²) in [6, 6.07) is 0. The van der Waals surface area contributed by atoms with Gasteiger partial charge < -0.3 is 14.7 Å². The molecule has 2 N–H and O–H groups in total. The van der Waals surface area contributed by atoms with E-state index in [0.717, 1.165) is 17.0 Å². The average Bonchev–Trinajstić information content (AvgIpc) is 2.69. The van der Waals surface area contributed by atoms with Gasteiger partial charge in [-0.1, -0.05) is 0 Å². The van der Waals surface area contributed by atoms with Crippen LogP contribution < -0.4 is 0 Å². The van der Waals surface area contributed by atoms with Crippen LogP contribution >= 0.6 is 0 Å². The maximum Gasteiger partial charge on any atom is 0.227 e. The highest BCUT2D eigenvalue weighted by Crippen LogP contribution is 2.15. The lowest BCUT2D eigenvalue weighted by molar-refractivity contribution is -0.146. The Morgan fingerprint density at radius 2 is 2.26 bits per heavy atom. The minimum atomic E-state index is -0.278. The van der Waals surface area contributed by atoms with Gasteiger partial charge in [-0.3, -0.25) is 9.89 Å². The number of aliphatic hydroxyl groups is 1. The number of amides is 1. The van der Waals surface area contributed by atoms with Gasteiger partial charge in [0.05, 0.1) is 30.9 Å². The Balaban J connectivity index is 2.03. The lowest BCUT2D eigenvalue weighted by Crippen LogP contribution is -2.50. The molecule has 1 aromatic heterocycles. The molecule has 6 nitrogen and oxygen atoms in total. The number of nitrogens with one attached hydrogen (secondary N) is 1. The van der Waals surface area contributed by atoms with Gasteiger partial charge in [0.15, 0.2) is 0 Å². The number of ether oxygens (including phenoxy) is 1. The van der Waals surface area contributed by atoms with E-state index in [0.29, 0.717) is 19.5 Å². The monoisotopic (exact) mass is 267 g/mol. The molecular weight excluding hydrogens is 246 g/mol. The predicted molar refractivity (Wildman–Crippen MR) is 69.8 cm³/mol. The Bertz CT molecular complexity index is 438. The van der Waals surface area contributed by atoms with Gasteiger partial charge in [-0.25, -0.2) is 0 Å². The van der Waals surface area contributed by atoms with Crippen molar-refractivity contribution in [3.05, 3.63) is 17.0 Å². The van der Waals surface area contributed by atoms with Crippen molar-refractivity contribution in [2.75, 3.05) is 19.7 Å². The van der Waals surface area contributed by atoms with E-state index in [-0.39, 0.29) is 24.7 Å². The first-order chi connectivity index (χ1) is 9.01. The Morgan fingerprint density at radius 1 is 1.53 bits per heavy atom. The smallest absolute Gasteiger partial charge is 0.227 e. The molecule has 0 aromatic carbocycles. The number of hydrogen-bond donors (Lipinski definition) is 2. The van der Waals surface area contributed by atoms with Crippen LogP contribution in [0.25, 0.3) is 0 Å². The van der Waals surface area contributed by atoms with Gasteiger partial charge in [0, 0.05) is 24.3 Å². The molecule has 2 heterocycles. The van der Waals surface area contributed by atoms with Crippen molar-refractivity contribution >= 4 is 5.91 Å². The van der Waals surface area contributed by atoms with Crippen LogP contribution in [0.4, 0.5) is 0 Å². The first-order valence-corrected chi connectivity index (χ1v) is 6.55. The summed E-state index contributed by atoms with van der Waals surface area (Å²) in [6.45, 7) is 6.70. The number of morpholine rings is 1. The second-order valence-corrected chi connectivity index (χ2v) is 5.14. The van der Waals surface area contributed by atoms with E-state index >= 15 is 0 Å². The lowest BCUT2D eigenvalue weighted by Gasteiger charge is -2.36. The molecule has 1 aliphatic rings. The number of carbonyl (C=O) groups is 1. The van der Waals surface area contributed by atoms with Gasteiger partial charge in [0.1, 0.15) is 0 Å². The third kappa shape index (κ3) is 3.13. The summed E-state index contributed by atoms with van der Waals surface area (Å²) in [5, 5.41) is 16.2. The van der Waals surface area contributed by atoms with Gasteiger partial charge in [-0.2, -0.15) is 5.10 Å². The summed E-state index contributed by atoms with van der Waals surface area (Å²) in [6.07, 6.45) is 0.0274. The summed E-state index contributed by atoms with van der Waals surface area (Å²) >= 11 is 0. The fourth-order valence-electron chi connectivity index (χ4n) is 2.45. The largest absolute Gasteiger partial charge is 0.394 e. The van der Waals surface area contributed by atoms with Crippen molar-refractivity contribution in [2.24, 2.45) is 0 Å². The maximum absolute atomic E-state index is 12.3. The van der Waals surface area contributed by atoms with E-state index < -0.39 is 0 Å². The summed E-state index contributed by atoms with van der Waals surface area (Å²) in [5.41, 5.74) is 2.77. The van der Waals surface area contributed by atoms with E-state index in [1.807, 2.05) is 20.8 Å². The highest BCUT2D eigenvalue weighted by molar-refractivity contribution is 5.79. The molecule has 2 rings (SSSR count). The number of aromatic amines is 1. The summed E-state index contributed by atoms with van der Waals surface area (Å²) < 4.78 is 5.54. The van der Waals surface area contributed by atoms with Crippen LogP contribution in [-0.4, -0.2) is 58.0 Å². The number of rotatable bonds is 3. The zero-order chi connectivity index (χ0) is 14.0. The molecule has 1 aliphatic heterocycles. The fourth-order valence-corrected chi connectivity index (χ4v) is 2.45. The number of H-pyrrole nitrogens is 1. The fraction of sp³-hybridized carbons (Fsp3) is 0.692. The molecule has 0 bridgehead atoms. The Kier molecular flexibility index (Phi) is 4.21. The van der Waals surface area contributed by atoms with Crippen molar-refractivity contribution in [3.8, 4) is 0 Å². The Morgan fingerprint density at radius 3 is 2.84 bits per heavy atom. The molecule has 0 aliphatic carbocycles. The standard InChI is InChI=1S/C13H21N3O3/c1-8-5-16(6-11(7-17)19-8)13(18)4-12-9(2)14-15-10(12)3/h8,11,17H,4-7H2,1-3H3,(H,14,15). The minimum Gasteiger partial charge on any atom is -0.394 e. The number of aliphatic hydroxyl groups excluding tert-OH is 1. The average molecular weight is 267 g/mol. The van der Waals surface area contributed by atoms with Crippen LogP contribution in [0.3, 0.4) is 0 Å². The molecule has 2 atom stereocenters. The van der Waals surface area contributed by atoms with E-state index in [9.17, 15) is 9.90 Å². The van der Waals surface area contributed by atoms with Crippen molar-refractivity contribution in [1.82, 2.24) is 15.1 Å². The highest BCUT2D eigenvalue weighted by atomic mass is 16.5. The van der Waals surface area contributed by atoms with Crippen molar-refractivity contribution in [1.29, 1.82) is 0 Å². The van der Waals surface area contributed by atoms with Crippen LogP contribution in [0.1, 0.15) is 23.9 Å². The number of hydrogen-bond acceptors (Lipinski definition) is 4. The third-order valence-electron chi connectivity index (χ3n) is 3.49. The number of nitrogens with zero attached hydrogens (tertiary/aromatic N) is 2. The summed E-state index contributed by atoms with van der Waals surface area (Å²) in [5.74, 6) is 0.0567. The second kappa shape index (κ2) is 5.71. The number of aromatic nitrogens is 2. The molecule has 0 spiro atoms. The zero-order valence-corrected chi connectivity index (χ0v) is 11.6. The summed E-state index contributed by atoms with van der Waals surface area (Å²) in [4.78, 5) is 14.1. The van der Waals surface area contributed by atoms with Crippen LogP contribution in [0.2, 0.25) is 0 Å². The van der Waals surface area contributed by atoms with Crippen molar-refractivity contribution in [2.45, 2.75) is 39.4 Å². The van der Waals surface area contributed by atoms with E-state index in [1.165, 1.54) is 0 Å². The first kappa shape index (κ1) is 14.0. The molecule has 1 saturated heterocycles. The van der Waals surface area contributed by atoms with Gasteiger partial charge in [-0.15, -0.1) is 0 Å². The van der Waals surface area contributed by atoms with Crippen LogP contribution in [0.15, 0.2) is 0 Å². The molecule has 2 unspecified atom stereocenters. The number of carbonyl (C=O) groups excluding carboxylic acids is 1.